The van der Waals surface area contributed by atoms with Crippen molar-refractivity contribution in [2.75, 3.05) is 33.4 Å². The van der Waals surface area contributed by atoms with Crippen LogP contribution in [0.5, 0.6) is 0 Å². The number of methoxy groups -OCH3 is 1. The van der Waals surface area contributed by atoms with Gasteiger partial charge in [0.25, 0.3) is 0 Å². The molecular weight excluding hydrogens is 192 g/mol. The van der Waals surface area contributed by atoms with E-state index in [0.29, 0.717) is 12.5 Å². The average Bonchev–Trinajstić information content (AvgIpc) is 2.28. The molecule has 0 aromatic heterocycles. The molecule has 4 heteroatoms. The Kier molecular flexibility index (Phi) is 5.05. The molecule has 2 N–H and O–H groups in total. The average molecular weight is 214 g/mol. The number of amides is 1. The van der Waals surface area contributed by atoms with Gasteiger partial charge in [0.1, 0.15) is 0 Å². The molecule has 15 heavy (non-hydrogen) atoms. The van der Waals surface area contributed by atoms with Gasteiger partial charge in [0.2, 0.25) is 5.91 Å². The van der Waals surface area contributed by atoms with Crippen molar-refractivity contribution < 1.29 is 9.53 Å². The van der Waals surface area contributed by atoms with Gasteiger partial charge in [-0.1, -0.05) is 6.92 Å². The van der Waals surface area contributed by atoms with Gasteiger partial charge >= 0.3 is 0 Å². The van der Waals surface area contributed by atoms with Gasteiger partial charge in [0.05, 0.1) is 12.5 Å². The zero-order valence-corrected chi connectivity index (χ0v) is 9.74. The highest BCUT2D eigenvalue weighted by Crippen LogP contribution is 2.17. The molecule has 1 fully saturated rings. The maximum atomic E-state index is 11.9. The quantitative estimate of drug-likeness (QED) is 0.740. The minimum absolute atomic E-state index is 0.0237. The van der Waals surface area contributed by atoms with Crippen LogP contribution in [0.1, 0.15) is 19.8 Å². The summed E-state index contributed by atoms with van der Waals surface area (Å²) < 4.78 is 4.99. The summed E-state index contributed by atoms with van der Waals surface area (Å²) >= 11 is 0. The molecule has 0 bridgehead atoms. The lowest BCUT2D eigenvalue weighted by Crippen LogP contribution is -2.43. The Hall–Kier alpha value is -0.610. The first kappa shape index (κ1) is 12.5. The molecule has 1 unspecified atom stereocenters. The van der Waals surface area contributed by atoms with Crippen molar-refractivity contribution in [2.24, 2.45) is 17.6 Å². The monoisotopic (exact) mass is 214 g/mol. The van der Waals surface area contributed by atoms with E-state index >= 15 is 0 Å². The van der Waals surface area contributed by atoms with Crippen LogP contribution in [-0.2, 0) is 9.53 Å². The highest BCUT2D eigenvalue weighted by Gasteiger charge is 2.25. The third-order valence-corrected chi connectivity index (χ3v) is 3.10. The van der Waals surface area contributed by atoms with Gasteiger partial charge in [-0.05, 0) is 25.3 Å². The first-order valence-corrected chi connectivity index (χ1v) is 5.66. The lowest BCUT2D eigenvalue weighted by molar-refractivity contribution is -0.137. The fourth-order valence-electron chi connectivity index (χ4n) is 2.02. The zero-order valence-electron chi connectivity index (χ0n) is 9.74. The minimum Gasteiger partial charge on any atom is -0.384 e. The van der Waals surface area contributed by atoms with Gasteiger partial charge in [-0.2, -0.15) is 0 Å². The second-order valence-electron chi connectivity index (χ2n) is 4.36. The van der Waals surface area contributed by atoms with E-state index in [1.54, 1.807) is 7.11 Å². The number of nitrogens with zero attached hydrogens (tertiary/aromatic N) is 1. The number of carbonyl (C=O) groups excluding carboxylic acids is 1. The number of nitrogens with two attached hydrogens (primary N) is 1. The number of hydrogen-bond acceptors (Lipinski definition) is 3. The summed E-state index contributed by atoms with van der Waals surface area (Å²) in [4.78, 5) is 13.8. The second kappa shape index (κ2) is 6.08. The molecule has 1 amide bonds. The summed E-state index contributed by atoms with van der Waals surface area (Å²) in [5.41, 5.74) is 5.61. The highest BCUT2D eigenvalue weighted by molar-refractivity contribution is 5.78. The molecule has 1 rings (SSSR count). The van der Waals surface area contributed by atoms with Gasteiger partial charge in [0, 0.05) is 20.2 Å². The maximum Gasteiger partial charge on any atom is 0.227 e. The van der Waals surface area contributed by atoms with Crippen molar-refractivity contribution in [3.63, 3.8) is 0 Å². The topological polar surface area (TPSA) is 55.6 Å². The molecule has 88 valence electrons. The Balaban J connectivity index is 2.35. The van der Waals surface area contributed by atoms with Crippen LogP contribution in [0.3, 0.4) is 0 Å². The summed E-state index contributed by atoms with van der Waals surface area (Å²) in [5.74, 6) is 0.795. The standard InChI is InChI=1S/C11H22N2O2/c1-9(8-15-2)11(14)13-5-3-10(7-12)4-6-13/h9-10H,3-8,12H2,1-2H3. The maximum absolute atomic E-state index is 11.9. The number of likely N-dealkylation sites (tertiary alicyclic amines) is 1. The van der Waals surface area contributed by atoms with Crippen LogP contribution >= 0.6 is 0 Å². The number of ether oxygens (including phenoxy) is 1. The van der Waals surface area contributed by atoms with E-state index in [9.17, 15) is 4.79 Å². The molecule has 1 aliphatic rings. The molecule has 0 aromatic rings. The van der Waals surface area contributed by atoms with Gasteiger partial charge < -0.3 is 15.4 Å². The number of carbonyl (C=O) groups is 1. The van der Waals surface area contributed by atoms with E-state index in [1.165, 1.54) is 0 Å². The molecule has 1 heterocycles. The number of piperidine rings is 1. The van der Waals surface area contributed by atoms with Crippen LogP contribution < -0.4 is 5.73 Å². The van der Waals surface area contributed by atoms with Gasteiger partial charge in [0.15, 0.2) is 0 Å². The van der Waals surface area contributed by atoms with Crippen molar-refractivity contribution in [1.82, 2.24) is 4.90 Å². The molecular formula is C11H22N2O2. The Morgan fingerprint density at radius 1 is 1.53 bits per heavy atom. The van der Waals surface area contributed by atoms with Gasteiger partial charge in [-0.15, -0.1) is 0 Å². The summed E-state index contributed by atoms with van der Waals surface area (Å²) in [7, 11) is 1.63. The summed E-state index contributed by atoms with van der Waals surface area (Å²) in [5, 5.41) is 0. The predicted octanol–water partition coefficient (Wildman–Crippen LogP) is 0.466. The molecule has 0 aliphatic carbocycles. The molecule has 1 atom stereocenters. The fraction of sp³-hybridized carbons (Fsp3) is 0.909. The molecule has 1 aliphatic heterocycles. The Morgan fingerprint density at radius 2 is 2.13 bits per heavy atom. The van der Waals surface area contributed by atoms with Gasteiger partial charge in [-0.25, -0.2) is 0 Å². The third-order valence-electron chi connectivity index (χ3n) is 3.10. The van der Waals surface area contributed by atoms with E-state index in [2.05, 4.69) is 0 Å². The molecule has 1 saturated heterocycles. The first-order chi connectivity index (χ1) is 7.19. The van der Waals surface area contributed by atoms with E-state index < -0.39 is 0 Å². The zero-order chi connectivity index (χ0) is 11.3. The van der Waals surface area contributed by atoms with E-state index in [4.69, 9.17) is 10.5 Å². The van der Waals surface area contributed by atoms with Crippen molar-refractivity contribution in [1.29, 1.82) is 0 Å². The molecule has 0 spiro atoms. The van der Waals surface area contributed by atoms with Crippen molar-refractivity contribution in [2.45, 2.75) is 19.8 Å². The summed E-state index contributed by atoms with van der Waals surface area (Å²) in [6, 6.07) is 0. The minimum atomic E-state index is -0.0237. The lowest BCUT2D eigenvalue weighted by atomic mass is 9.96. The smallest absolute Gasteiger partial charge is 0.227 e. The summed E-state index contributed by atoms with van der Waals surface area (Å²) in [6.45, 7) is 4.88. The lowest BCUT2D eigenvalue weighted by Gasteiger charge is -2.33. The van der Waals surface area contributed by atoms with E-state index in [-0.39, 0.29) is 11.8 Å². The van der Waals surface area contributed by atoms with Gasteiger partial charge in [-0.3, -0.25) is 4.79 Å². The van der Waals surface area contributed by atoms with Crippen LogP contribution in [0, 0.1) is 11.8 Å². The van der Waals surface area contributed by atoms with Crippen molar-refractivity contribution >= 4 is 5.91 Å². The second-order valence-corrected chi connectivity index (χ2v) is 4.36. The Labute approximate surface area is 91.8 Å². The fourth-order valence-corrected chi connectivity index (χ4v) is 2.02. The molecule has 0 aromatic carbocycles. The van der Waals surface area contributed by atoms with E-state index in [1.807, 2.05) is 11.8 Å². The molecule has 4 nitrogen and oxygen atoms in total. The Morgan fingerprint density at radius 3 is 2.60 bits per heavy atom. The normalized spacial score (nSPS) is 20.3. The number of rotatable bonds is 4. The van der Waals surface area contributed by atoms with Crippen LogP contribution in [-0.4, -0.2) is 44.2 Å². The Bertz CT molecular complexity index is 201. The predicted molar refractivity (Wildman–Crippen MR) is 59.4 cm³/mol. The summed E-state index contributed by atoms with van der Waals surface area (Å²) in [6.07, 6.45) is 2.09. The van der Waals surface area contributed by atoms with Crippen LogP contribution in [0.25, 0.3) is 0 Å². The van der Waals surface area contributed by atoms with Crippen LogP contribution in [0.2, 0.25) is 0 Å². The van der Waals surface area contributed by atoms with Crippen molar-refractivity contribution in [3.8, 4) is 0 Å². The number of hydrogen-bond donors (Lipinski definition) is 1. The SMILES string of the molecule is COCC(C)C(=O)N1CCC(CN)CC1. The van der Waals surface area contributed by atoms with Crippen LogP contribution in [0.4, 0.5) is 0 Å². The van der Waals surface area contributed by atoms with Crippen molar-refractivity contribution in [3.05, 3.63) is 0 Å². The first-order valence-electron chi connectivity index (χ1n) is 5.66. The third kappa shape index (κ3) is 3.47. The largest absolute Gasteiger partial charge is 0.384 e. The van der Waals surface area contributed by atoms with Crippen LogP contribution in [0.15, 0.2) is 0 Å². The molecule has 0 saturated carbocycles. The molecule has 0 radical (unpaired) electrons. The van der Waals surface area contributed by atoms with E-state index in [0.717, 1.165) is 32.5 Å². The highest BCUT2D eigenvalue weighted by atomic mass is 16.5.